The molecule has 0 unspecified atom stereocenters. The fourth-order valence-corrected chi connectivity index (χ4v) is 3.21. The number of hydrogen-bond acceptors (Lipinski definition) is 6. The Morgan fingerprint density at radius 1 is 1.31 bits per heavy atom. The molecule has 8 heteroatoms. The van der Waals surface area contributed by atoms with Crippen LogP contribution in [0.5, 0.6) is 5.88 Å². The number of piperidine rings is 1. The van der Waals surface area contributed by atoms with Gasteiger partial charge in [0.1, 0.15) is 6.10 Å². The molecule has 2 fully saturated rings. The van der Waals surface area contributed by atoms with Crippen molar-refractivity contribution in [2.75, 3.05) is 18.4 Å². The lowest BCUT2D eigenvalue weighted by Gasteiger charge is -2.25. The molecule has 0 atom stereocenters. The summed E-state index contributed by atoms with van der Waals surface area (Å²) in [7, 11) is 1.80. The van der Waals surface area contributed by atoms with Gasteiger partial charge in [0.15, 0.2) is 5.82 Å². The van der Waals surface area contributed by atoms with Crippen LogP contribution in [0.15, 0.2) is 18.3 Å². The Balaban J connectivity index is 1.44. The summed E-state index contributed by atoms with van der Waals surface area (Å²) in [5.41, 5.74) is 0.501. The van der Waals surface area contributed by atoms with Crippen molar-refractivity contribution in [3.8, 4) is 5.88 Å². The maximum absolute atomic E-state index is 12.6. The van der Waals surface area contributed by atoms with Crippen LogP contribution in [0, 0.1) is 0 Å². The van der Waals surface area contributed by atoms with E-state index in [0.717, 1.165) is 44.6 Å². The van der Waals surface area contributed by atoms with Crippen molar-refractivity contribution in [3.05, 3.63) is 29.7 Å². The lowest BCUT2D eigenvalue weighted by Crippen LogP contribution is -2.27. The van der Waals surface area contributed by atoms with Gasteiger partial charge in [0.05, 0.1) is 0 Å². The van der Waals surface area contributed by atoms with Crippen LogP contribution in [0.2, 0.25) is 0 Å². The zero-order valence-corrected chi connectivity index (χ0v) is 14.9. The van der Waals surface area contributed by atoms with Crippen LogP contribution >= 0.6 is 0 Å². The summed E-state index contributed by atoms with van der Waals surface area (Å²) in [6, 6.07) is 3.35. The van der Waals surface area contributed by atoms with E-state index in [1.54, 1.807) is 30.1 Å². The summed E-state index contributed by atoms with van der Waals surface area (Å²) in [4.78, 5) is 21.3. The van der Waals surface area contributed by atoms with E-state index in [9.17, 15) is 4.79 Å². The average Bonchev–Trinajstić information content (AvgIpc) is 3.00. The van der Waals surface area contributed by atoms with E-state index in [1.165, 1.54) is 6.42 Å². The van der Waals surface area contributed by atoms with E-state index >= 15 is 0 Å². The van der Waals surface area contributed by atoms with Crippen LogP contribution < -0.4 is 15.4 Å². The Morgan fingerprint density at radius 3 is 2.85 bits per heavy atom. The average molecular weight is 356 g/mol. The van der Waals surface area contributed by atoms with Gasteiger partial charge in [-0.15, -0.1) is 0 Å². The molecule has 8 nitrogen and oxygen atoms in total. The molecule has 138 valence electrons. The van der Waals surface area contributed by atoms with E-state index in [4.69, 9.17) is 4.74 Å². The van der Waals surface area contributed by atoms with Gasteiger partial charge in [0, 0.05) is 30.8 Å². The molecule has 0 spiro atoms. The number of pyridine rings is 1. The Hall–Kier alpha value is -2.48. The first-order chi connectivity index (χ1) is 12.7. The molecule has 1 saturated heterocycles. The fourth-order valence-electron chi connectivity index (χ4n) is 3.21. The SMILES string of the molecule is Cn1nc(C2CCNCC2)nc1NC(=O)c1ccnc(OC2CCC2)c1. The number of ether oxygens (including phenoxy) is 1. The predicted octanol–water partition coefficient (Wildman–Crippen LogP) is 1.86. The number of aryl methyl sites for hydroxylation is 1. The number of nitrogens with zero attached hydrogens (tertiary/aromatic N) is 4. The van der Waals surface area contributed by atoms with Crippen molar-refractivity contribution in [1.29, 1.82) is 0 Å². The molecule has 2 aromatic rings. The second kappa shape index (κ2) is 7.41. The molecular weight excluding hydrogens is 332 g/mol. The molecule has 4 rings (SSSR count). The first kappa shape index (κ1) is 17.0. The van der Waals surface area contributed by atoms with Crippen molar-refractivity contribution in [1.82, 2.24) is 25.1 Å². The standard InChI is InChI=1S/C18H24N6O2/c1-24-18(21-16(23-24)12-5-8-19-9-6-12)22-17(25)13-7-10-20-15(11-13)26-14-3-2-4-14/h7,10-12,14,19H,2-6,8-9H2,1H3,(H,21,22,23,25). The quantitative estimate of drug-likeness (QED) is 0.849. The minimum absolute atomic E-state index is 0.229. The maximum Gasteiger partial charge on any atom is 0.258 e. The monoisotopic (exact) mass is 356 g/mol. The van der Waals surface area contributed by atoms with Crippen LogP contribution in [0.3, 0.4) is 0 Å². The second-order valence-corrected chi connectivity index (χ2v) is 6.95. The van der Waals surface area contributed by atoms with Gasteiger partial charge in [-0.25, -0.2) is 9.67 Å². The number of anilines is 1. The van der Waals surface area contributed by atoms with E-state index in [-0.39, 0.29) is 12.0 Å². The predicted molar refractivity (Wildman–Crippen MR) is 96.3 cm³/mol. The molecule has 1 saturated carbocycles. The van der Waals surface area contributed by atoms with Crippen molar-refractivity contribution in [2.24, 2.45) is 7.05 Å². The second-order valence-electron chi connectivity index (χ2n) is 6.95. The van der Waals surface area contributed by atoms with Crippen LogP contribution in [-0.2, 0) is 7.05 Å². The Bertz CT molecular complexity index is 780. The highest BCUT2D eigenvalue weighted by atomic mass is 16.5. The zero-order valence-electron chi connectivity index (χ0n) is 14.9. The van der Waals surface area contributed by atoms with Crippen molar-refractivity contribution in [2.45, 2.75) is 44.1 Å². The third-order valence-corrected chi connectivity index (χ3v) is 5.05. The van der Waals surface area contributed by atoms with Crippen molar-refractivity contribution < 1.29 is 9.53 Å². The van der Waals surface area contributed by atoms with Gasteiger partial charge in [-0.3, -0.25) is 10.1 Å². The molecule has 1 aliphatic heterocycles. The summed E-state index contributed by atoms with van der Waals surface area (Å²) in [6.45, 7) is 1.96. The number of hydrogen-bond donors (Lipinski definition) is 2. The first-order valence-corrected chi connectivity index (χ1v) is 9.25. The summed E-state index contributed by atoms with van der Waals surface area (Å²) < 4.78 is 7.40. The molecule has 1 aliphatic carbocycles. The number of carbonyl (C=O) groups is 1. The number of rotatable bonds is 5. The summed E-state index contributed by atoms with van der Waals surface area (Å²) in [5, 5.41) is 10.7. The molecular formula is C18H24N6O2. The van der Waals surface area contributed by atoms with Crippen molar-refractivity contribution in [3.63, 3.8) is 0 Å². The van der Waals surface area contributed by atoms with E-state index in [2.05, 4.69) is 25.7 Å². The van der Waals surface area contributed by atoms with E-state index < -0.39 is 0 Å². The number of nitrogens with one attached hydrogen (secondary N) is 2. The van der Waals surface area contributed by atoms with Crippen LogP contribution in [0.4, 0.5) is 5.95 Å². The molecule has 1 amide bonds. The highest BCUT2D eigenvalue weighted by Crippen LogP contribution is 2.25. The van der Waals surface area contributed by atoms with E-state index in [1.807, 2.05) is 0 Å². The Morgan fingerprint density at radius 2 is 2.12 bits per heavy atom. The molecule has 26 heavy (non-hydrogen) atoms. The summed E-state index contributed by atoms with van der Waals surface area (Å²) >= 11 is 0. The molecule has 0 radical (unpaired) electrons. The van der Waals surface area contributed by atoms with Crippen LogP contribution in [0.25, 0.3) is 0 Å². The molecule has 3 heterocycles. The van der Waals surface area contributed by atoms with Gasteiger partial charge in [0.2, 0.25) is 11.8 Å². The number of aromatic nitrogens is 4. The van der Waals surface area contributed by atoms with Gasteiger partial charge < -0.3 is 10.1 Å². The third kappa shape index (κ3) is 3.70. The molecule has 0 aromatic carbocycles. The minimum Gasteiger partial charge on any atom is -0.474 e. The Labute approximate surface area is 152 Å². The molecule has 0 bridgehead atoms. The smallest absolute Gasteiger partial charge is 0.258 e. The highest BCUT2D eigenvalue weighted by molar-refractivity contribution is 6.03. The van der Waals surface area contributed by atoms with Gasteiger partial charge in [-0.05, 0) is 51.3 Å². The summed E-state index contributed by atoms with van der Waals surface area (Å²) in [5.74, 6) is 1.86. The van der Waals surface area contributed by atoms with Gasteiger partial charge >= 0.3 is 0 Å². The lowest BCUT2D eigenvalue weighted by molar-refractivity contribution is 0.101. The minimum atomic E-state index is -0.238. The zero-order chi connectivity index (χ0) is 17.9. The van der Waals surface area contributed by atoms with Gasteiger partial charge in [-0.2, -0.15) is 10.1 Å². The lowest BCUT2D eigenvalue weighted by atomic mass is 9.96. The largest absolute Gasteiger partial charge is 0.474 e. The topological polar surface area (TPSA) is 94.0 Å². The Kier molecular flexibility index (Phi) is 4.83. The third-order valence-electron chi connectivity index (χ3n) is 5.05. The first-order valence-electron chi connectivity index (χ1n) is 9.25. The maximum atomic E-state index is 12.6. The van der Waals surface area contributed by atoms with Gasteiger partial charge in [0.25, 0.3) is 5.91 Å². The number of amides is 1. The van der Waals surface area contributed by atoms with Crippen LogP contribution in [0.1, 0.15) is 54.2 Å². The number of carbonyl (C=O) groups excluding carboxylic acids is 1. The van der Waals surface area contributed by atoms with Gasteiger partial charge in [-0.1, -0.05) is 0 Å². The summed E-state index contributed by atoms with van der Waals surface area (Å²) in [6.07, 6.45) is 7.16. The van der Waals surface area contributed by atoms with Crippen LogP contribution in [-0.4, -0.2) is 44.8 Å². The fraction of sp³-hybridized carbons (Fsp3) is 0.556. The van der Waals surface area contributed by atoms with E-state index in [0.29, 0.717) is 23.3 Å². The molecule has 2 N–H and O–H groups in total. The van der Waals surface area contributed by atoms with Crippen molar-refractivity contribution >= 4 is 11.9 Å². The molecule has 2 aromatic heterocycles. The highest BCUT2D eigenvalue weighted by Gasteiger charge is 2.22. The molecule has 2 aliphatic rings. The normalized spacial score (nSPS) is 18.3.